The number of nitrogens with one attached hydrogen (secondary N) is 1. The van der Waals surface area contributed by atoms with Crippen molar-refractivity contribution >= 4 is 11.8 Å². The molecule has 2 aliphatic rings. The summed E-state index contributed by atoms with van der Waals surface area (Å²) in [4.78, 5) is 27.1. The summed E-state index contributed by atoms with van der Waals surface area (Å²) in [5.74, 6) is 1.43. The molecule has 1 saturated heterocycles. The van der Waals surface area contributed by atoms with Crippen LogP contribution in [0.5, 0.6) is 11.5 Å². The van der Waals surface area contributed by atoms with Crippen LogP contribution in [0.2, 0.25) is 0 Å². The SMILES string of the molecule is Cc1ccccc1C(=O)NCCC(=O)N1CCCC1c1ccc2c(c1)OCCO2. The van der Waals surface area contributed by atoms with Crippen molar-refractivity contribution in [2.75, 3.05) is 26.3 Å². The third kappa shape index (κ3) is 4.21. The number of hydrogen-bond donors (Lipinski definition) is 1. The first-order valence-electron chi connectivity index (χ1n) is 10.2. The van der Waals surface area contributed by atoms with E-state index in [9.17, 15) is 9.59 Å². The molecule has 2 heterocycles. The number of aryl methyl sites for hydroxylation is 1. The summed E-state index contributed by atoms with van der Waals surface area (Å²) in [5.41, 5.74) is 2.65. The normalized spacial score (nSPS) is 17.8. The van der Waals surface area contributed by atoms with Crippen molar-refractivity contribution in [1.82, 2.24) is 10.2 Å². The molecule has 6 heteroatoms. The zero-order valence-corrected chi connectivity index (χ0v) is 16.6. The first-order chi connectivity index (χ1) is 14.1. The number of fused-ring (bicyclic) bond motifs is 1. The fraction of sp³-hybridized carbons (Fsp3) is 0.391. The predicted octanol–water partition coefficient (Wildman–Crippen LogP) is 3.25. The minimum Gasteiger partial charge on any atom is -0.486 e. The Morgan fingerprint density at radius 2 is 1.90 bits per heavy atom. The lowest BCUT2D eigenvalue weighted by molar-refractivity contribution is -0.132. The molecule has 4 rings (SSSR count). The van der Waals surface area contributed by atoms with Crippen LogP contribution in [0.15, 0.2) is 42.5 Å². The highest BCUT2D eigenvalue weighted by Crippen LogP contribution is 2.38. The number of benzene rings is 2. The van der Waals surface area contributed by atoms with Crippen LogP contribution in [-0.2, 0) is 4.79 Å². The average molecular weight is 394 g/mol. The molecule has 0 aromatic heterocycles. The van der Waals surface area contributed by atoms with Gasteiger partial charge in [-0.05, 0) is 49.1 Å². The molecule has 0 radical (unpaired) electrons. The Bertz CT molecular complexity index is 912. The molecule has 0 aliphatic carbocycles. The molecule has 0 spiro atoms. The minimum absolute atomic E-state index is 0.0467. The molecule has 29 heavy (non-hydrogen) atoms. The number of likely N-dealkylation sites (tertiary alicyclic amines) is 1. The molecule has 2 amide bonds. The van der Waals surface area contributed by atoms with Gasteiger partial charge in [-0.25, -0.2) is 0 Å². The van der Waals surface area contributed by atoms with E-state index in [0.29, 0.717) is 31.7 Å². The summed E-state index contributed by atoms with van der Waals surface area (Å²) in [7, 11) is 0. The number of nitrogens with zero attached hydrogens (tertiary/aromatic N) is 1. The molecule has 1 atom stereocenters. The van der Waals surface area contributed by atoms with Gasteiger partial charge < -0.3 is 19.7 Å². The summed E-state index contributed by atoms with van der Waals surface area (Å²) in [6.07, 6.45) is 2.19. The maximum absolute atomic E-state index is 12.8. The van der Waals surface area contributed by atoms with Gasteiger partial charge in [-0.2, -0.15) is 0 Å². The highest BCUT2D eigenvalue weighted by Gasteiger charge is 2.30. The van der Waals surface area contributed by atoms with Crippen LogP contribution in [0, 0.1) is 6.92 Å². The van der Waals surface area contributed by atoms with Crippen LogP contribution >= 0.6 is 0 Å². The van der Waals surface area contributed by atoms with E-state index >= 15 is 0 Å². The zero-order chi connectivity index (χ0) is 20.2. The Balaban J connectivity index is 1.36. The third-order valence-electron chi connectivity index (χ3n) is 5.54. The summed E-state index contributed by atoms with van der Waals surface area (Å²) in [5, 5.41) is 2.87. The summed E-state index contributed by atoms with van der Waals surface area (Å²) < 4.78 is 11.3. The van der Waals surface area contributed by atoms with Crippen molar-refractivity contribution in [3.63, 3.8) is 0 Å². The maximum atomic E-state index is 12.8. The van der Waals surface area contributed by atoms with Gasteiger partial charge in [-0.3, -0.25) is 9.59 Å². The Morgan fingerprint density at radius 3 is 2.72 bits per heavy atom. The van der Waals surface area contributed by atoms with Gasteiger partial charge in [0.15, 0.2) is 11.5 Å². The molecule has 2 aromatic carbocycles. The Hall–Kier alpha value is -3.02. The molecule has 6 nitrogen and oxygen atoms in total. The summed E-state index contributed by atoms with van der Waals surface area (Å²) in [6.45, 7) is 4.08. The lowest BCUT2D eigenvalue weighted by atomic mass is 10.0. The third-order valence-corrected chi connectivity index (χ3v) is 5.54. The van der Waals surface area contributed by atoms with Gasteiger partial charge in [-0.15, -0.1) is 0 Å². The quantitative estimate of drug-likeness (QED) is 0.845. The number of amides is 2. The average Bonchev–Trinajstić information content (AvgIpc) is 3.23. The number of hydrogen-bond acceptors (Lipinski definition) is 4. The zero-order valence-electron chi connectivity index (χ0n) is 16.6. The minimum atomic E-state index is -0.138. The van der Waals surface area contributed by atoms with Crippen LogP contribution in [-0.4, -0.2) is 43.0 Å². The van der Waals surface area contributed by atoms with Gasteiger partial charge in [0.2, 0.25) is 5.91 Å². The second kappa shape index (κ2) is 8.55. The molecule has 0 bridgehead atoms. The molecular weight excluding hydrogens is 368 g/mol. The van der Waals surface area contributed by atoms with Crippen molar-refractivity contribution < 1.29 is 19.1 Å². The van der Waals surface area contributed by atoms with Crippen LogP contribution in [0.3, 0.4) is 0 Å². The fourth-order valence-corrected chi connectivity index (χ4v) is 4.03. The largest absolute Gasteiger partial charge is 0.486 e. The standard InChI is InChI=1S/C23H26N2O4/c1-16-5-2-3-6-18(16)23(27)24-11-10-22(26)25-12-4-7-19(25)17-8-9-20-21(15-17)29-14-13-28-20/h2-3,5-6,8-9,15,19H,4,7,10-14H2,1H3,(H,24,27). The van der Waals surface area contributed by atoms with E-state index in [-0.39, 0.29) is 17.9 Å². The smallest absolute Gasteiger partial charge is 0.251 e. The lowest BCUT2D eigenvalue weighted by Gasteiger charge is -2.27. The maximum Gasteiger partial charge on any atom is 0.251 e. The van der Waals surface area contributed by atoms with Gasteiger partial charge >= 0.3 is 0 Å². The Kier molecular flexibility index (Phi) is 5.69. The molecular formula is C23H26N2O4. The molecule has 152 valence electrons. The molecule has 1 fully saturated rings. The van der Waals surface area contributed by atoms with Crippen LogP contribution in [0.1, 0.15) is 46.8 Å². The number of rotatable bonds is 5. The summed E-state index contributed by atoms with van der Waals surface area (Å²) in [6, 6.07) is 13.4. The van der Waals surface area contributed by atoms with Gasteiger partial charge in [0, 0.05) is 25.1 Å². The van der Waals surface area contributed by atoms with E-state index in [0.717, 1.165) is 42.0 Å². The molecule has 0 saturated carbocycles. The second-order valence-corrected chi connectivity index (χ2v) is 7.47. The fourth-order valence-electron chi connectivity index (χ4n) is 4.03. The number of carbonyl (C=O) groups excluding carboxylic acids is 2. The van der Waals surface area contributed by atoms with E-state index in [1.165, 1.54) is 0 Å². The van der Waals surface area contributed by atoms with Crippen LogP contribution < -0.4 is 14.8 Å². The highest BCUT2D eigenvalue weighted by molar-refractivity contribution is 5.95. The van der Waals surface area contributed by atoms with Gasteiger partial charge in [0.25, 0.3) is 5.91 Å². The lowest BCUT2D eigenvalue weighted by Crippen LogP contribution is -2.34. The molecule has 2 aliphatic heterocycles. The van der Waals surface area contributed by atoms with Crippen LogP contribution in [0.4, 0.5) is 0 Å². The van der Waals surface area contributed by atoms with Gasteiger partial charge in [-0.1, -0.05) is 24.3 Å². The van der Waals surface area contributed by atoms with Crippen LogP contribution in [0.25, 0.3) is 0 Å². The van der Waals surface area contributed by atoms with E-state index in [1.807, 2.05) is 48.2 Å². The first kappa shape index (κ1) is 19.3. The van der Waals surface area contributed by atoms with E-state index < -0.39 is 0 Å². The summed E-state index contributed by atoms with van der Waals surface area (Å²) >= 11 is 0. The predicted molar refractivity (Wildman–Crippen MR) is 109 cm³/mol. The highest BCUT2D eigenvalue weighted by atomic mass is 16.6. The van der Waals surface area contributed by atoms with Crippen molar-refractivity contribution in [2.24, 2.45) is 0 Å². The molecule has 1 unspecified atom stereocenters. The monoisotopic (exact) mass is 394 g/mol. The molecule has 1 N–H and O–H groups in total. The molecule has 2 aromatic rings. The Labute approximate surface area is 170 Å². The number of carbonyl (C=O) groups is 2. The first-order valence-corrected chi connectivity index (χ1v) is 10.2. The topological polar surface area (TPSA) is 67.9 Å². The Morgan fingerprint density at radius 1 is 1.10 bits per heavy atom. The van der Waals surface area contributed by atoms with E-state index in [4.69, 9.17) is 9.47 Å². The van der Waals surface area contributed by atoms with Gasteiger partial charge in [0.05, 0.1) is 6.04 Å². The van der Waals surface area contributed by atoms with Gasteiger partial charge in [0.1, 0.15) is 13.2 Å². The number of ether oxygens (including phenoxy) is 2. The van der Waals surface area contributed by atoms with Crippen molar-refractivity contribution in [3.8, 4) is 11.5 Å². The van der Waals surface area contributed by atoms with Crippen molar-refractivity contribution in [3.05, 3.63) is 59.2 Å². The van der Waals surface area contributed by atoms with E-state index in [2.05, 4.69) is 5.32 Å². The van der Waals surface area contributed by atoms with Crippen molar-refractivity contribution in [2.45, 2.75) is 32.2 Å². The van der Waals surface area contributed by atoms with E-state index in [1.54, 1.807) is 6.07 Å². The second-order valence-electron chi connectivity index (χ2n) is 7.47. The van der Waals surface area contributed by atoms with Crippen molar-refractivity contribution in [1.29, 1.82) is 0 Å².